The number of unbranched alkanes of at least 4 members (excludes halogenated alkanes) is 22. The zero-order valence-corrected chi connectivity index (χ0v) is 21.2. The molecule has 0 bridgehead atoms. The van der Waals surface area contributed by atoms with Crippen LogP contribution in [0.1, 0.15) is 168 Å². The molecular formula is C28H58NO-. The van der Waals surface area contributed by atoms with E-state index in [0.29, 0.717) is 0 Å². The summed E-state index contributed by atoms with van der Waals surface area (Å²) in [4.78, 5) is 0. The van der Waals surface area contributed by atoms with Gasteiger partial charge in [-0.1, -0.05) is 155 Å². The zero-order valence-electron chi connectivity index (χ0n) is 21.2. The van der Waals surface area contributed by atoms with Crippen molar-refractivity contribution in [2.45, 2.75) is 168 Å². The van der Waals surface area contributed by atoms with Crippen molar-refractivity contribution in [3.63, 3.8) is 0 Å². The van der Waals surface area contributed by atoms with Crippen molar-refractivity contribution >= 4 is 0 Å². The molecule has 0 aromatic rings. The van der Waals surface area contributed by atoms with Crippen LogP contribution in [-0.4, -0.2) is 18.2 Å². The van der Waals surface area contributed by atoms with E-state index in [-0.39, 0.29) is 0 Å². The summed E-state index contributed by atoms with van der Waals surface area (Å²) in [5, 5.41) is 13.2. The standard InChI is InChI=1S/C28H58NO/c1-3-5-7-9-11-13-15-17-19-21-23-25-27-29(30)28-26-24-22-20-18-16-14-12-10-8-6-4-2/h3-28H2,1-2H3/q-1. The average molecular weight is 425 g/mol. The number of hydrogen-bond donors (Lipinski definition) is 0. The van der Waals surface area contributed by atoms with Crippen LogP contribution < -0.4 is 0 Å². The molecule has 0 saturated heterocycles. The number of nitrogens with zero attached hydrogens (tertiary/aromatic N) is 1. The van der Waals surface area contributed by atoms with Crippen molar-refractivity contribution in [3.8, 4) is 0 Å². The molecule has 30 heavy (non-hydrogen) atoms. The van der Waals surface area contributed by atoms with Crippen LogP contribution >= 0.6 is 0 Å². The maximum absolute atomic E-state index is 11.9. The predicted octanol–water partition coefficient (Wildman–Crippen LogP) is 10.2. The lowest BCUT2D eigenvalue weighted by Crippen LogP contribution is -2.18. The Labute approximate surface area is 191 Å². The minimum absolute atomic E-state index is 0.759. The quantitative estimate of drug-likeness (QED) is 0.102. The minimum Gasteiger partial charge on any atom is -0.785 e. The third-order valence-corrected chi connectivity index (χ3v) is 6.52. The fourth-order valence-corrected chi connectivity index (χ4v) is 4.37. The number of hydrogen-bond acceptors (Lipinski definition) is 2. The Hall–Kier alpha value is -0.0800. The van der Waals surface area contributed by atoms with Crippen LogP contribution in [0.2, 0.25) is 0 Å². The SMILES string of the molecule is CCCCCCCCCCCCCCN([O-])CCCCCCCCCCCCCC. The molecule has 0 heterocycles. The molecule has 0 unspecified atom stereocenters. The highest BCUT2D eigenvalue weighted by Crippen LogP contribution is 2.13. The Morgan fingerprint density at radius 2 is 0.533 bits per heavy atom. The fraction of sp³-hybridized carbons (Fsp3) is 1.00. The molecule has 0 radical (unpaired) electrons. The van der Waals surface area contributed by atoms with Gasteiger partial charge in [0.25, 0.3) is 0 Å². The monoisotopic (exact) mass is 424 g/mol. The van der Waals surface area contributed by atoms with Gasteiger partial charge in [-0.25, -0.2) is 0 Å². The number of rotatable bonds is 26. The molecule has 0 fully saturated rings. The summed E-state index contributed by atoms with van der Waals surface area (Å²) in [5.74, 6) is 0. The third-order valence-electron chi connectivity index (χ3n) is 6.52. The van der Waals surface area contributed by atoms with Crippen LogP contribution in [0, 0.1) is 5.21 Å². The first-order valence-corrected chi connectivity index (χ1v) is 14.2. The maximum atomic E-state index is 11.9. The summed E-state index contributed by atoms with van der Waals surface area (Å²) in [7, 11) is 0. The summed E-state index contributed by atoms with van der Waals surface area (Å²) in [6, 6.07) is 0. The molecule has 0 spiro atoms. The summed E-state index contributed by atoms with van der Waals surface area (Å²) < 4.78 is 0. The van der Waals surface area contributed by atoms with Crippen LogP contribution in [0.5, 0.6) is 0 Å². The first kappa shape index (κ1) is 29.9. The van der Waals surface area contributed by atoms with E-state index >= 15 is 0 Å². The molecular weight excluding hydrogens is 366 g/mol. The second-order valence-electron chi connectivity index (χ2n) is 9.71. The summed E-state index contributed by atoms with van der Waals surface area (Å²) in [6.45, 7) is 6.09. The lowest BCUT2D eigenvalue weighted by molar-refractivity contribution is 0.350. The van der Waals surface area contributed by atoms with Gasteiger partial charge in [0.2, 0.25) is 0 Å². The van der Waals surface area contributed by atoms with E-state index < -0.39 is 0 Å². The van der Waals surface area contributed by atoms with E-state index in [1.165, 1.54) is 146 Å². The van der Waals surface area contributed by atoms with Gasteiger partial charge < -0.3 is 10.3 Å². The highest BCUT2D eigenvalue weighted by Gasteiger charge is 1.97. The molecule has 0 aliphatic carbocycles. The molecule has 0 saturated carbocycles. The Balaban J connectivity index is 3.13. The topological polar surface area (TPSA) is 26.3 Å². The van der Waals surface area contributed by atoms with Gasteiger partial charge >= 0.3 is 0 Å². The van der Waals surface area contributed by atoms with Gasteiger partial charge in [0.15, 0.2) is 0 Å². The van der Waals surface area contributed by atoms with Gasteiger partial charge in [0, 0.05) is 0 Å². The average Bonchev–Trinajstić information content (AvgIpc) is 2.75. The summed E-state index contributed by atoms with van der Waals surface area (Å²) in [5.41, 5.74) is 0. The summed E-state index contributed by atoms with van der Waals surface area (Å²) >= 11 is 0. The van der Waals surface area contributed by atoms with Crippen molar-refractivity contribution in [2.24, 2.45) is 0 Å². The highest BCUT2D eigenvalue weighted by atomic mass is 16.5. The predicted molar refractivity (Wildman–Crippen MR) is 137 cm³/mol. The van der Waals surface area contributed by atoms with Crippen LogP contribution in [0.3, 0.4) is 0 Å². The largest absolute Gasteiger partial charge is 0.785 e. The van der Waals surface area contributed by atoms with Gasteiger partial charge in [-0.2, -0.15) is 0 Å². The van der Waals surface area contributed by atoms with Gasteiger partial charge in [0.05, 0.1) is 0 Å². The molecule has 0 amide bonds. The van der Waals surface area contributed by atoms with Crippen LogP contribution in [-0.2, 0) is 0 Å². The van der Waals surface area contributed by atoms with Crippen molar-refractivity contribution in [1.82, 2.24) is 5.06 Å². The normalized spacial score (nSPS) is 11.6. The van der Waals surface area contributed by atoms with Crippen LogP contribution in [0.25, 0.3) is 0 Å². The van der Waals surface area contributed by atoms with E-state index in [4.69, 9.17) is 0 Å². The molecule has 2 nitrogen and oxygen atoms in total. The lowest BCUT2D eigenvalue weighted by Gasteiger charge is -2.28. The minimum atomic E-state index is 0.759. The molecule has 0 N–H and O–H groups in total. The van der Waals surface area contributed by atoms with Crippen LogP contribution in [0.4, 0.5) is 0 Å². The van der Waals surface area contributed by atoms with E-state index in [1.54, 1.807) is 0 Å². The van der Waals surface area contributed by atoms with E-state index in [1.807, 2.05) is 0 Å². The lowest BCUT2D eigenvalue weighted by atomic mass is 10.1. The Morgan fingerprint density at radius 1 is 0.333 bits per heavy atom. The first-order valence-electron chi connectivity index (χ1n) is 14.2. The molecule has 0 rings (SSSR count). The van der Waals surface area contributed by atoms with E-state index in [2.05, 4.69) is 13.8 Å². The third kappa shape index (κ3) is 26.0. The molecule has 0 aliphatic rings. The highest BCUT2D eigenvalue weighted by molar-refractivity contribution is 4.59. The molecule has 182 valence electrons. The molecule has 0 aromatic carbocycles. The van der Waals surface area contributed by atoms with Crippen molar-refractivity contribution in [2.75, 3.05) is 13.1 Å². The van der Waals surface area contributed by atoms with Crippen molar-refractivity contribution in [3.05, 3.63) is 5.21 Å². The number of hydroxylamine groups is 2. The van der Waals surface area contributed by atoms with E-state index in [9.17, 15) is 5.21 Å². The smallest absolute Gasteiger partial charge is 0.0145 e. The molecule has 0 aliphatic heterocycles. The Bertz CT molecular complexity index is 266. The molecule has 2 heteroatoms. The molecule has 0 atom stereocenters. The maximum Gasteiger partial charge on any atom is -0.0145 e. The van der Waals surface area contributed by atoms with Crippen molar-refractivity contribution in [1.29, 1.82) is 0 Å². The van der Waals surface area contributed by atoms with Gasteiger partial charge in [-0.3, -0.25) is 0 Å². The molecule has 0 aromatic heterocycles. The van der Waals surface area contributed by atoms with Crippen LogP contribution in [0.15, 0.2) is 0 Å². The van der Waals surface area contributed by atoms with Crippen molar-refractivity contribution < 1.29 is 0 Å². The van der Waals surface area contributed by atoms with Gasteiger partial charge in [-0.05, 0) is 25.9 Å². The van der Waals surface area contributed by atoms with Gasteiger partial charge in [0.1, 0.15) is 0 Å². The Morgan fingerprint density at radius 3 is 0.767 bits per heavy atom. The second kappa shape index (κ2) is 27.0. The zero-order chi connectivity index (χ0) is 22.0. The fourth-order valence-electron chi connectivity index (χ4n) is 4.37. The van der Waals surface area contributed by atoms with Gasteiger partial charge in [-0.15, -0.1) is 0 Å². The first-order chi connectivity index (χ1) is 14.8. The van der Waals surface area contributed by atoms with E-state index in [0.717, 1.165) is 25.9 Å². The second-order valence-corrected chi connectivity index (χ2v) is 9.71. The summed E-state index contributed by atoms with van der Waals surface area (Å²) in [6.07, 6.45) is 32.7. The Kier molecular flexibility index (Phi) is 26.9.